The summed E-state index contributed by atoms with van der Waals surface area (Å²) in [6, 6.07) is 8.43. The van der Waals surface area contributed by atoms with E-state index in [4.69, 9.17) is 17.6 Å². The zero-order valence-corrected chi connectivity index (χ0v) is 13.0. The third-order valence-electron chi connectivity index (χ3n) is 2.85. The molecule has 1 aliphatic heterocycles. The van der Waals surface area contributed by atoms with E-state index >= 15 is 0 Å². The van der Waals surface area contributed by atoms with Gasteiger partial charge in [0.1, 0.15) is 3.72 Å². The molecule has 2 rings (SSSR count). The van der Waals surface area contributed by atoms with Gasteiger partial charge in [-0.25, -0.2) is 0 Å². The van der Waals surface area contributed by atoms with E-state index in [2.05, 4.69) is 49.5 Å². The number of nitrogens with zero attached hydrogens (tertiary/aromatic N) is 4. The third kappa shape index (κ3) is 3.77. The highest BCUT2D eigenvalue weighted by molar-refractivity contribution is 14.1. The summed E-state index contributed by atoms with van der Waals surface area (Å²) in [6.45, 7) is 1.40. The molecule has 1 aromatic rings. The first-order valence-corrected chi connectivity index (χ1v) is 7.20. The van der Waals surface area contributed by atoms with E-state index < -0.39 is 0 Å². The van der Waals surface area contributed by atoms with Crippen LogP contribution in [-0.4, -0.2) is 22.8 Å². The van der Waals surface area contributed by atoms with Crippen LogP contribution in [0.4, 0.5) is 5.69 Å². The summed E-state index contributed by atoms with van der Waals surface area (Å²) < 4.78 is 2.59. The molecule has 0 aromatic heterocycles. The molecule has 0 amide bonds. The fourth-order valence-electron chi connectivity index (χ4n) is 2.03. The SMILES string of the molecule is NN=N/N=C(\I)CNC[C@@H]1Cc2ccccc2N1Cl. The molecule has 1 atom stereocenters. The minimum atomic E-state index is 0.249. The van der Waals surface area contributed by atoms with Gasteiger partial charge in [-0.15, -0.1) is 5.10 Å². The average Bonchev–Trinajstić information content (AvgIpc) is 2.74. The quantitative estimate of drug-likeness (QED) is 0.201. The lowest BCUT2D eigenvalue weighted by Crippen LogP contribution is -2.36. The van der Waals surface area contributed by atoms with Crippen molar-refractivity contribution in [2.75, 3.05) is 17.5 Å². The Morgan fingerprint density at radius 2 is 2.32 bits per heavy atom. The van der Waals surface area contributed by atoms with Crippen molar-refractivity contribution in [1.82, 2.24) is 5.32 Å². The van der Waals surface area contributed by atoms with Crippen molar-refractivity contribution < 1.29 is 0 Å². The van der Waals surface area contributed by atoms with Gasteiger partial charge in [0.15, 0.2) is 0 Å². The topological polar surface area (TPSA) is 78.4 Å². The van der Waals surface area contributed by atoms with Crippen LogP contribution >= 0.6 is 34.4 Å². The van der Waals surface area contributed by atoms with Gasteiger partial charge in [0.05, 0.1) is 11.7 Å². The second-order valence-corrected chi connectivity index (χ2v) is 5.72. The van der Waals surface area contributed by atoms with Gasteiger partial charge in [-0.05, 0) is 45.9 Å². The van der Waals surface area contributed by atoms with Crippen LogP contribution in [0.3, 0.4) is 0 Å². The van der Waals surface area contributed by atoms with Gasteiger partial charge >= 0.3 is 0 Å². The van der Waals surface area contributed by atoms with E-state index in [-0.39, 0.29) is 6.04 Å². The Morgan fingerprint density at radius 3 is 3.05 bits per heavy atom. The Hall–Kier alpha value is -0.930. The molecule has 1 aliphatic rings. The van der Waals surface area contributed by atoms with Crippen LogP contribution in [0.2, 0.25) is 0 Å². The molecule has 0 aliphatic carbocycles. The fourth-order valence-corrected chi connectivity index (χ4v) is 2.70. The predicted octanol–water partition coefficient (Wildman–Crippen LogP) is 2.24. The van der Waals surface area contributed by atoms with Crippen molar-refractivity contribution in [2.45, 2.75) is 12.5 Å². The van der Waals surface area contributed by atoms with E-state index in [0.29, 0.717) is 6.54 Å². The number of rotatable bonds is 5. The standard InChI is InChI=1S/C11H14ClIN6/c12-19-9(5-8-3-1-2-4-10(8)19)6-15-7-11(13)16-18-17-14/h1-4,9,15H,5-7H2,(H2,14,18)/b16-11-/t9-/m0/s1. The molecule has 0 fully saturated rings. The second kappa shape index (κ2) is 7.01. The van der Waals surface area contributed by atoms with Crippen LogP contribution in [0.1, 0.15) is 5.56 Å². The van der Waals surface area contributed by atoms with E-state index in [1.54, 1.807) is 4.42 Å². The molecule has 102 valence electrons. The summed E-state index contributed by atoms with van der Waals surface area (Å²) in [5, 5.41) is 13.5. The minimum Gasteiger partial charge on any atom is -0.309 e. The lowest BCUT2D eigenvalue weighted by Gasteiger charge is -2.19. The van der Waals surface area contributed by atoms with Crippen LogP contribution in [0.15, 0.2) is 39.8 Å². The lowest BCUT2D eigenvalue weighted by molar-refractivity contribution is 0.631. The Bertz CT molecular complexity index is 492. The van der Waals surface area contributed by atoms with Gasteiger partial charge in [-0.3, -0.25) is 4.42 Å². The maximum Gasteiger partial charge on any atom is 0.116 e. The molecule has 3 N–H and O–H groups in total. The third-order valence-corrected chi connectivity index (χ3v) is 3.91. The number of hydrogen-bond donors (Lipinski definition) is 2. The summed E-state index contributed by atoms with van der Waals surface area (Å²) >= 11 is 8.41. The van der Waals surface area contributed by atoms with Crippen molar-refractivity contribution in [3.05, 3.63) is 29.8 Å². The summed E-state index contributed by atoms with van der Waals surface area (Å²) in [5.74, 6) is 4.88. The monoisotopic (exact) mass is 392 g/mol. The van der Waals surface area contributed by atoms with Gasteiger partial charge in [0.2, 0.25) is 0 Å². The number of nitrogens with two attached hydrogens (primary N) is 1. The first-order chi connectivity index (χ1) is 9.22. The van der Waals surface area contributed by atoms with Crippen molar-refractivity contribution in [3.8, 4) is 0 Å². The van der Waals surface area contributed by atoms with E-state index in [1.807, 2.05) is 18.2 Å². The maximum absolute atomic E-state index is 6.32. The van der Waals surface area contributed by atoms with Crippen molar-refractivity contribution >= 4 is 43.8 Å². The van der Waals surface area contributed by atoms with Crippen molar-refractivity contribution in [2.24, 2.45) is 21.4 Å². The Kier molecular flexibility index (Phi) is 5.34. The van der Waals surface area contributed by atoms with Crippen LogP contribution in [-0.2, 0) is 6.42 Å². The molecule has 1 heterocycles. The first-order valence-electron chi connectivity index (χ1n) is 5.78. The molecule has 19 heavy (non-hydrogen) atoms. The number of nitrogens with one attached hydrogen (secondary N) is 1. The van der Waals surface area contributed by atoms with Gasteiger partial charge in [0, 0.05) is 24.9 Å². The largest absolute Gasteiger partial charge is 0.309 e. The molecular formula is C11H14ClIN6. The lowest BCUT2D eigenvalue weighted by atomic mass is 10.1. The average molecular weight is 393 g/mol. The van der Waals surface area contributed by atoms with Crippen LogP contribution in [0, 0.1) is 0 Å². The number of hydrogen-bond acceptors (Lipinski definition) is 4. The minimum absolute atomic E-state index is 0.249. The van der Waals surface area contributed by atoms with E-state index in [0.717, 1.165) is 22.4 Å². The molecule has 0 unspecified atom stereocenters. The predicted molar refractivity (Wildman–Crippen MR) is 85.6 cm³/mol. The highest BCUT2D eigenvalue weighted by Gasteiger charge is 2.27. The van der Waals surface area contributed by atoms with Crippen LogP contribution in [0.25, 0.3) is 0 Å². The van der Waals surface area contributed by atoms with Gasteiger partial charge in [0.25, 0.3) is 0 Å². The van der Waals surface area contributed by atoms with Gasteiger partial charge in [-0.1, -0.05) is 23.4 Å². The summed E-state index contributed by atoms with van der Waals surface area (Å²) in [4.78, 5) is 0. The first kappa shape index (κ1) is 14.5. The Morgan fingerprint density at radius 1 is 1.53 bits per heavy atom. The smallest absolute Gasteiger partial charge is 0.116 e. The van der Waals surface area contributed by atoms with Crippen LogP contribution in [0.5, 0.6) is 0 Å². The Balaban J connectivity index is 1.83. The normalized spacial score (nSPS) is 19.2. The van der Waals surface area contributed by atoms with E-state index in [9.17, 15) is 0 Å². The maximum atomic E-state index is 6.32. The zero-order valence-electron chi connectivity index (χ0n) is 10.1. The molecule has 1 aromatic carbocycles. The Labute approximate surface area is 130 Å². The number of fused-ring (bicyclic) bond motifs is 1. The number of halogens is 2. The molecule has 0 saturated heterocycles. The molecule has 0 bridgehead atoms. The summed E-state index contributed by atoms with van der Waals surface area (Å²) in [5.41, 5.74) is 2.38. The van der Waals surface area contributed by atoms with Gasteiger partial charge in [-0.2, -0.15) is 0 Å². The highest BCUT2D eigenvalue weighted by Crippen LogP contribution is 2.32. The molecule has 0 saturated carbocycles. The molecule has 0 radical (unpaired) electrons. The molecule has 8 heteroatoms. The fraction of sp³-hybridized carbons (Fsp3) is 0.364. The summed E-state index contributed by atoms with van der Waals surface area (Å²) in [6.07, 6.45) is 0.947. The molecule has 0 spiro atoms. The van der Waals surface area contributed by atoms with Crippen molar-refractivity contribution in [3.63, 3.8) is 0 Å². The van der Waals surface area contributed by atoms with Crippen molar-refractivity contribution in [1.29, 1.82) is 0 Å². The highest BCUT2D eigenvalue weighted by atomic mass is 127. The molecule has 6 nitrogen and oxygen atoms in total. The zero-order chi connectivity index (χ0) is 13.7. The number of para-hydroxylation sites is 1. The van der Waals surface area contributed by atoms with Crippen LogP contribution < -0.4 is 15.6 Å². The number of anilines is 1. The molecular weight excluding hydrogens is 379 g/mol. The number of benzene rings is 1. The van der Waals surface area contributed by atoms with Gasteiger partial charge < -0.3 is 11.2 Å². The van der Waals surface area contributed by atoms with E-state index in [1.165, 1.54) is 5.56 Å². The summed E-state index contributed by atoms with van der Waals surface area (Å²) in [7, 11) is 0. The second-order valence-electron chi connectivity index (χ2n) is 4.11.